The number of phenols is 1. The zero-order valence-corrected chi connectivity index (χ0v) is 11.1. The summed E-state index contributed by atoms with van der Waals surface area (Å²) in [5, 5.41) is 21.6. The number of phenolic OH excluding ortho intramolecular Hbond substituents is 1. The van der Waals surface area contributed by atoms with Crippen LogP contribution in [-0.4, -0.2) is 29.8 Å². The molecule has 2 unspecified atom stereocenters. The molecule has 5 nitrogen and oxygen atoms in total. The van der Waals surface area contributed by atoms with E-state index < -0.39 is 35.4 Å². The van der Waals surface area contributed by atoms with E-state index in [1.165, 1.54) is 7.11 Å². The molecule has 0 amide bonds. The number of hydrogen-bond acceptors (Lipinski definition) is 4. The number of nitrogens with one attached hydrogen (secondary N) is 1. The van der Waals surface area contributed by atoms with E-state index in [0.717, 1.165) is 12.1 Å². The van der Waals surface area contributed by atoms with Crippen molar-refractivity contribution in [3.8, 4) is 11.5 Å². The van der Waals surface area contributed by atoms with Crippen LogP contribution in [0.5, 0.6) is 11.5 Å². The summed E-state index contributed by atoms with van der Waals surface area (Å²) in [4.78, 5) is 10.9. The van der Waals surface area contributed by atoms with Gasteiger partial charge in [0.1, 0.15) is 0 Å². The summed E-state index contributed by atoms with van der Waals surface area (Å²) >= 11 is 0. The third-order valence-corrected chi connectivity index (χ3v) is 3.53. The number of rotatable bonds is 3. The quantitative estimate of drug-likeness (QED) is 0.797. The fraction of sp³-hybridized carbons (Fsp3) is 0.462. The number of hydrogen-bond donors (Lipinski definition) is 3. The van der Waals surface area contributed by atoms with Crippen LogP contribution in [0.3, 0.4) is 0 Å². The summed E-state index contributed by atoms with van der Waals surface area (Å²) in [6.07, 6.45) is -4.68. The Kier molecular flexibility index (Phi) is 3.99. The fourth-order valence-electron chi connectivity index (χ4n) is 2.50. The van der Waals surface area contributed by atoms with Crippen molar-refractivity contribution in [3.63, 3.8) is 0 Å². The van der Waals surface area contributed by atoms with Crippen molar-refractivity contribution in [2.75, 3.05) is 13.7 Å². The Morgan fingerprint density at radius 3 is 2.57 bits per heavy atom. The summed E-state index contributed by atoms with van der Waals surface area (Å²) in [5.41, 5.74) is -1.37. The molecule has 0 radical (unpaired) electrons. The second kappa shape index (κ2) is 5.44. The van der Waals surface area contributed by atoms with Gasteiger partial charge >= 0.3 is 12.1 Å². The van der Waals surface area contributed by atoms with Crippen molar-refractivity contribution in [2.24, 2.45) is 5.92 Å². The third-order valence-electron chi connectivity index (χ3n) is 3.53. The van der Waals surface area contributed by atoms with Crippen LogP contribution in [0.1, 0.15) is 23.6 Å². The second-order valence-corrected chi connectivity index (χ2v) is 4.81. The highest BCUT2D eigenvalue weighted by molar-refractivity contribution is 5.71. The maximum Gasteiger partial charge on any atom is 0.416 e. The normalized spacial score (nSPS) is 22.3. The van der Waals surface area contributed by atoms with Crippen molar-refractivity contribution < 1.29 is 32.9 Å². The van der Waals surface area contributed by atoms with Gasteiger partial charge in [-0.05, 0) is 18.6 Å². The SMILES string of the molecule is COc1ccc(C(F)(F)F)c(C2CC(C(=O)O)CN2)c1O. The number of carboxylic acids is 1. The first-order valence-electron chi connectivity index (χ1n) is 6.19. The van der Waals surface area contributed by atoms with Gasteiger partial charge in [-0.15, -0.1) is 0 Å². The molecule has 0 saturated carbocycles. The van der Waals surface area contributed by atoms with E-state index in [0.29, 0.717) is 0 Å². The Labute approximate surface area is 118 Å². The van der Waals surface area contributed by atoms with E-state index in [9.17, 15) is 23.1 Å². The van der Waals surface area contributed by atoms with Gasteiger partial charge in [0, 0.05) is 18.2 Å². The van der Waals surface area contributed by atoms with Crippen LogP contribution < -0.4 is 10.1 Å². The average Bonchev–Trinajstić information content (AvgIpc) is 2.86. The molecule has 1 aliphatic heterocycles. The Morgan fingerprint density at radius 2 is 2.10 bits per heavy atom. The molecular formula is C13H14F3NO4. The monoisotopic (exact) mass is 305 g/mol. The molecule has 3 N–H and O–H groups in total. The molecule has 0 aliphatic carbocycles. The van der Waals surface area contributed by atoms with Crippen molar-refractivity contribution in [1.29, 1.82) is 0 Å². The maximum absolute atomic E-state index is 13.1. The summed E-state index contributed by atoms with van der Waals surface area (Å²) in [7, 11) is 1.23. The number of benzene rings is 1. The topological polar surface area (TPSA) is 78.8 Å². The molecule has 8 heteroatoms. The highest BCUT2D eigenvalue weighted by Crippen LogP contribution is 2.45. The summed E-state index contributed by atoms with van der Waals surface area (Å²) in [6, 6.07) is 0.965. The molecule has 116 valence electrons. The van der Waals surface area contributed by atoms with Crippen LogP contribution in [0.4, 0.5) is 13.2 Å². The van der Waals surface area contributed by atoms with Gasteiger partial charge in [-0.25, -0.2) is 0 Å². The predicted molar refractivity (Wildman–Crippen MR) is 66.1 cm³/mol. The molecule has 0 bridgehead atoms. The Hall–Kier alpha value is -1.96. The van der Waals surface area contributed by atoms with Gasteiger partial charge in [0.2, 0.25) is 0 Å². The van der Waals surface area contributed by atoms with Crippen molar-refractivity contribution in [2.45, 2.75) is 18.6 Å². The van der Waals surface area contributed by atoms with Gasteiger partial charge in [0.25, 0.3) is 0 Å². The number of aliphatic carboxylic acids is 1. The van der Waals surface area contributed by atoms with E-state index in [2.05, 4.69) is 5.32 Å². The molecule has 1 aromatic carbocycles. The zero-order valence-electron chi connectivity index (χ0n) is 11.1. The summed E-state index contributed by atoms with van der Waals surface area (Å²) in [5.74, 6) is -2.57. The minimum atomic E-state index is -4.65. The highest BCUT2D eigenvalue weighted by atomic mass is 19.4. The lowest BCUT2D eigenvalue weighted by atomic mass is 9.94. The van der Waals surface area contributed by atoms with Crippen molar-refractivity contribution >= 4 is 5.97 Å². The van der Waals surface area contributed by atoms with Crippen LogP contribution in [-0.2, 0) is 11.0 Å². The molecule has 1 saturated heterocycles. The molecule has 1 fully saturated rings. The van der Waals surface area contributed by atoms with Gasteiger partial charge in [-0.1, -0.05) is 0 Å². The lowest BCUT2D eigenvalue weighted by Crippen LogP contribution is -2.19. The number of methoxy groups -OCH3 is 1. The molecule has 2 rings (SSSR count). The molecule has 1 aliphatic rings. The van der Waals surface area contributed by atoms with Crippen LogP contribution in [0.15, 0.2) is 12.1 Å². The first kappa shape index (κ1) is 15.4. The van der Waals surface area contributed by atoms with Crippen molar-refractivity contribution in [1.82, 2.24) is 5.32 Å². The van der Waals surface area contributed by atoms with E-state index in [4.69, 9.17) is 9.84 Å². The number of halogens is 3. The highest BCUT2D eigenvalue weighted by Gasteiger charge is 2.40. The predicted octanol–water partition coefficient (Wildman–Crippen LogP) is 2.15. The van der Waals surface area contributed by atoms with E-state index in [1.54, 1.807) is 0 Å². The third kappa shape index (κ3) is 2.90. The zero-order chi connectivity index (χ0) is 15.8. The number of ether oxygens (including phenoxy) is 1. The molecule has 1 heterocycles. The van der Waals surface area contributed by atoms with Crippen LogP contribution >= 0.6 is 0 Å². The van der Waals surface area contributed by atoms with Gasteiger partial charge < -0.3 is 20.3 Å². The van der Waals surface area contributed by atoms with E-state index in [-0.39, 0.29) is 24.3 Å². The fourth-order valence-corrected chi connectivity index (χ4v) is 2.50. The van der Waals surface area contributed by atoms with Gasteiger partial charge in [0.05, 0.1) is 18.6 Å². The van der Waals surface area contributed by atoms with E-state index >= 15 is 0 Å². The lowest BCUT2D eigenvalue weighted by Gasteiger charge is -2.20. The molecule has 0 aromatic heterocycles. The Morgan fingerprint density at radius 1 is 1.43 bits per heavy atom. The summed E-state index contributed by atoms with van der Waals surface area (Å²) < 4.78 is 44.1. The Balaban J connectivity index is 2.48. The largest absolute Gasteiger partial charge is 0.504 e. The first-order valence-corrected chi connectivity index (χ1v) is 6.19. The minimum absolute atomic E-state index is 0.0286. The average molecular weight is 305 g/mol. The standard InChI is InChI=1S/C13H14F3NO4/c1-21-9-3-2-7(13(14,15)16)10(11(9)18)8-4-6(5-17-8)12(19)20/h2-3,6,8,17-18H,4-5H2,1H3,(H,19,20). The van der Waals surface area contributed by atoms with Crippen LogP contribution in [0.25, 0.3) is 0 Å². The maximum atomic E-state index is 13.1. The molecular weight excluding hydrogens is 291 g/mol. The van der Waals surface area contributed by atoms with Crippen LogP contribution in [0, 0.1) is 5.92 Å². The molecule has 0 spiro atoms. The minimum Gasteiger partial charge on any atom is -0.504 e. The van der Waals surface area contributed by atoms with Gasteiger partial charge in [-0.3, -0.25) is 4.79 Å². The van der Waals surface area contributed by atoms with Crippen molar-refractivity contribution in [3.05, 3.63) is 23.3 Å². The molecule has 21 heavy (non-hydrogen) atoms. The molecule has 1 aromatic rings. The Bertz CT molecular complexity index is 559. The number of aromatic hydroxyl groups is 1. The van der Waals surface area contributed by atoms with Gasteiger partial charge in [0.15, 0.2) is 11.5 Å². The van der Waals surface area contributed by atoms with Crippen LogP contribution in [0.2, 0.25) is 0 Å². The second-order valence-electron chi connectivity index (χ2n) is 4.81. The smallest absolute Gasteiger partial charge is 0.416 e. The number of carboxylic acid groups (broad SMARTS) is 1. The number of carbonyl (C=O) groups is 1. The van der Waals surface area contributed by atoms with E-state index in [1.807, 2.05) is 0 Å². The number of alkyl halides is 3. The van der Waals surface area contributed by atoms with Gasteiger partial charge in [-0.2, -0.15) is 13.2 Å². The summed E-state index contributed by atoms with van der Waals surface area (Å²) in [6.45, 7) is 0.0496. The molecule has 2 atom stereocenters. The lowest BCUT2D eigenvalue weighted by molar-refractivity contribution is -0.141. The first-order chi connectivity index (χ1) is 9.75.